The molecule has 0 radical (unpaired) electrons. The highest BCUT2D eigenvalue weighted by atomic mass is 35.5. The van der Waals surface area contributed by atoms with E-state index in [-0.39, 0.29) is 5.69 Å². The van der Waals surface area contributed by atoms with Gasteiger partial charge in [0.15, 0.2) is 5.65 Å². The van der Waals surface area contributed by atoms with E-state index in [0.717, 1.165) is 12.0 Å². The summed E-state index contributed by atoms with van der Waals surface area (Å²) >= 11 is 12.0. The van der Waals surface area contributed by atoms with Crippen LogP contribution >= 0.6 is 23.2 Å². The first-order valence-corrected chi connectivity index (χ1v) is 7.01. The summed E-state index contributed by atoms with van der Waals surface area (Å²) in [6.07, 6.45) is 0.718. The molecular weight excluding hydrogens is 313 g/mol. The van der Waals surface area contributed by atoms with E-state index in [2.05, 4.69) is 20.6 Å². The Bertz CT molecular complexity index is 842. The predicted molar refractivity (Wildman–Crippen MR) is 82.3 cm³/mol. The molecule has 2 N–H and O–H groups in total. The molecule has 0 amide bonds. The molecule has 0 unspecified atom stereocenters. The van der Waals surface area contributed by atoms with Gasteiger partial charge in [0, 0.05) is 16.6 Å². The number of fused-ring (bicyclic) bond motifs is 1. The van der Waals surface area contributed by atoms with Crippen molar-refractivity contribution in [2.24, 2.45) is 0 Å². The van der Waals surface area contributed by atoms with Crippen LogP contribution in [0.2, 0.25) is 10.0 Å². The second-order valence-electron chi connectivity index (χ2n) is 4.43. The van der Waals surface area contributed by atoms with Crippen molar-refractivity contribution in [2.75, 3.05) is 11.9 Å². The maximum absolute atomic E-state index is 11.4. The standard InChI is InChI=1S/C13H11Cl2N5O/c14-9-2-1-8(10(15)7-9)5-6-16-11-3-4-12-17-18-13(21)20(12)19-11/h1-4,7H,5-6H2,(H,16,19)(H,18,21). The van der Waals surface area contributed by atoms with Crippen LogP contribution in [0.25, 0.3) is 5.65 Å². The number of rotatable bonds is 4. The van der Waals surface area contributed by atoms with Crippen LogP contribution in [0.5, 0.6) is 0 Å². The lowest BCUT2D eigenvalue weighted by molar-refractivity contribution is 0.871. The minimum absolute atomic E-state index is 0.366. The molecule has 3 rings (SSSR count). The van der Waals surface area contributed by atoms with E-state index >= 15 is 0 Å². The zero-order valence-corrected chi connectivity index (χ0v) is 12.3. The maximum Gasteiger partial charge on any atom is 0.364 e. The third-order valence-corrected chi connectivity index (χ3v) is 3.58. The molecule has 21 heavy (non-hydrogen) atoms. The molecule has 0 spiro atoms. The maximum atomic E-state index is 11.4. The molecule has 1 aromatic carbocycles. The van der Waals surface area contributed by atoms with Gasteiger partial charge >= 0.3 is 5.69 Å². The molecule has 0 saturated carbocycles. The van der Waals surface area contributed by atoms with E-state index in [0.29, 0.717) is 28.1 Å². The lowest BCUT2D eigenvalue weighted by Crippen LogP contribution is -2.14. The molecular formula is C13H11Cl2N5O. The third-order valence-electron chi connectivity index (χ3n) is 2.99. The van der Waals surface area contributed by atoms with Crippen molar-refractivity contribution in [1.82, 2.24) is 19.8 Å². The summed E-state index contributed by atoms with van der Waals surface area (Å²) in [5.41, 5.74) is 1.11. The average molecular weight is 324 g/mol. The number of anilines is 1. The van der Waals surface area contributed by atoms with Crippen molar-refractivity contribution >= 4 is 34.7 Å². The molecule has 0 aliphatic heterocycles. The van der Waals surface area contributed by atoms with Crippen LogP contribution < -0.4 is 11.0 Å². The Labute approximate surface area is 129 Å². The number of hydrogen-bond donors (Lipinski definition) is 2. The number of hydrogen-bond acceptors (Lipinski definition) is 4. The molecule has 0 saturated heterocycles. The Morgan fingerprint density at radius 3 is 2.90 bits per heavy atom. The van der Waals surface area contributed by atoms with Gasteiger partial charge in [-0.1, -0.05) is 29.3 Å². The Hall–Kier alpha value is -2.05. The van der Waals surface area contributed by atoms with Gasteiger partial charge in [0.05, 0.1) is 0 Å². The molecule has 0 fully saturated rings. The lowest BCUT2D eigenvalue weighted by atomic mass is 10.1. The molecule has 6 nitrogen and oxygen atoms in total. The van der Waals surface area contributed by atoms with Crippen molar-refractivity contribution in [3.63, 3.8) is 0 Å². The lowest BCUT2D eigenvalue weighted by Gasteiger charge is -2.07. The summed E-state index contributed by atoms with van der Waals surface area (Å²) < 4.78 is 1.21. The quantitative estimate of drug-likeness (QED) is 0.773. The Morgan fingerprint density at radius 2 is 2.10 bits per heavy atom. The second kappa shape index (κ2) is 5.75. The van der Waals surface area contributed by atoms with Crippen LogP contribution in [0, 0.1) is 0 Å². The summed E-state index contributed by atoms with van der Waals surface area (Å²) in [5, 5.41) is 14.7. The average Bonchev–Trinajstić information content (AvgIpc) is 2.83. The fourth-order valence-corrected chi connectivity index (χ4v) is 2.45. The van der Waals surface area contributed by atoms with Crippen LogP contribution in [-0.2, 0) is 6.42 Å². The van der Waals surface area contributed by atoms with Gasteiger partial charge in [0.1, 0.15) is 5.82 Å². The topological polar surface area (TPSA) is 75.1 Å². The minimum atomic E-state index is -0.366. The molecule has 8 heteroatoms. The summed E-state index contributed by atoms with van der Waals surface area (Å²) in [6.45, 7) is 0.631. The van der Waals surface area contributed by atoms with Crippen LogP contribution in [0.4, 0.5) is 5.82 Å². The van der Waals surface area contributed by atoms with Crippen LogP contribution in [0.15, 0.2) is 35.1 Å². The predicted octanol–water partition coefficient (Wildman–Crippen LogP) is 2.38. The largest absolute Gasteiger partial charge is 0.368 e. The number of benzene rings is 1. The number of aromatic nitrogens is 4. The molecule has 108 valence electrons. The van der Waals surface area contributed by atoms with E-state index in [9.17, 15) is 4.79 Å². The number of halogens is 2. The zero-order chi connectivity index (χ0) is 14.8. The van der Waals surface area contributed by atoms with E-state index < -0.39 is 0 Å². The van der Waals surface area contributed by atoms with Crippen molar-refractivity contribution in [3.05, 3.63) is 56.4 Å². The SMILES string of the molecule is O=c1[nH]nc2ccc(NCCc3ccc(Cl)cc3Cl)nn12. The second-order valence-corrected chi connectivity index (χ2v) is 5.27. The fraction of sp³-hybridized carbons (Fsp3) is 0.154. The first-order chi connectivity index (χ1) is 10.1. The molecule has 3 aromatic rings. The smallest absolute Gasteiger partial charge is 0.364 e. The Morgan fingerprint density at radius 1 is 1.24 bits per heavy atom. The third kappa shape index (κ3) is 3.01. The summed E-state index contributed by atoms with van der Waals surface area (Å²) in [4.78, 5) is 11.4. The highest BCUT2D eigenvalue weighted by Gasteiger charge is 2.04. The van der Waals surface area contributed by atoms with Crippen LogP contribution in [-0.4, -0.2) is 26.4 Å². The van der Waals surface area contributed by atoms with Gasteiger partial charge in [-0.3, -0.25) is 0 Å². The summed E-state index contributed by atoms with van der Waals surface area (Å²) in [7, 11) is 0. The van der Waals surface area contributed by atoms with Gasteiger partial charge in [-0.15, -0.1) is 5.10 Å². The summed E-state index contributed by atoms with van der Waals surface area (Å²) in [6, 6.07) is 8.89. The molecule has 0 bridgehead atoms. The molecule has 0 atom stereocenters. The van der Waals surface area contributed by atoms with E-state index in [1.165, 1.54) is 4.52 Å². The first-order valence-electron chi connectivity index (χ1n) is 6.26. The molecule has 2 aromatic heterocycles. The van der Waals surface area contributed by atoms with Gasteiger partial charge in [-0.25, -0.2) is 9.89 Å². The zero-order valence-electron chi connectivity index (χ0n) is 10.8. The molecule has 0 aliphatic rings. The number of nitrogens with one attached hydrogen (secondary N) is 2. The van der Waals surface area contributed by atoms with E-state index in [1.807, 2.05) is 6.07 Å². The molecule has 2 heterocycles. The van der Waals surface area contributed by atoms with Gasteiger partial charge in [0.25, 0.3) is 0 Å². The van der Waals surface area contributed by atoms with E-state index in [1.54, 1.807) is 24.3 Å². The Kier molecular flexibility index (Phi) is 3.81. The highest BCUT2D eigenvalue weighted by Crippen LogP contribution is 2.21. The molecule has 0 aliphatic carbocycles. The van der Waals surface area contributed by atoms with Gasteiger partial charge in [-0.2, -0.15) is 9.61 Å². The normalized spacial score (nSPS) is 11.0. The monoisotopic (exact) mass is 323 g/mol. The van der Waals surface area contributed by atoms with Crippen molar-refractivity contribution in [3.8, 4) is 0 Å². The van der Waals surface area contributed by atoms with Crippen molar-refractivity contribution in [2.45, 2.75) is 6.42 Å². The summed E-state index contributed by atoms with van der Waals surface area (Å²) in [5.74, 6) is 0.594. The minimum Gasteiger partial charge on any atom is -0.368 e. The number of aromatic amines is 1. The van der Waals surface area contributed by atoms with Crippen molar-refractivity contribution < 1.29 is 0 Å². The fourth-order valence-electron chi connectivity index (χ4n) is 1.95. The van der Waals surface area contributed by atoms with Gasteiger partial charge in [-0.05, 0) is 36.2 Å². The highest BCUT2D eigenvalue weighted by molar-refractivity contribution is 6.35. The van der Waals surface area contributed by atoms with Gasteiger partial charge in [0.2, 0.25) is 0 Å². The number of H-pyrrole nitrogens is 1. The van der Waals surface area contributed by atoms with Crippen molar-refractivity contribution in [1.29, 1.82) is 0 Å². The first kappa shape index (κ1) is 13.9. The number of nitrogens with zero attached hydrogens (tertiary/aromatic N) is 3. The van der Waals surface area contributed by atoms with Gasteiger partial charge < -0.3 is 5.32 Å². The van der Waals surface area contributed by atoms with Crippen LogP contribution in [0.3, 0.4) is 0 Å². The van der Waals surface area contributed by atoms with Crippen LogP contribution in [0.1, 0.15) is 5.56 Å². The Balaban J connectivity index is 1.68. The van der Waals surface area contributed by atoms with E-state index in [4.69, 9.17) is 23.2 Å².